The van der Waals surface area contributed by atoms with Crippen molar-refractivity contribution >= 4 is 40.5 Å². The van der Waals surface area contributed by atoms with Crippen molar-refractivity contribution < 1.29 is 0 Å². The van der Waals surface area contributed by atoms with Crippen LogP contribution in [0.15, 0.2) is 72.8 Å². The number of benzene rings is 3. The number of fused-ring (bicyclic) bond motifs is 1. The van der Waals surface area contributed by atoms with Gasteiger partial charge in [0, 0.05) is 29.7 Å². The molecule has 33 heavy (non-hydrogen) atoms. The molecule has 5 rings (SSSR count). The van der Waals surface area contributed by atoms with E-state index in [1.807, 2.05) is 23.7 Å². The Morgan fingerprint density at radius 3 is 2.45 bits per heavy atom. The number of para-hydroxylation sites is 2. The van der Waals surface area contributed by atoms with E-state index >= 15 is 0 Å². The first-order valence-electron chi connectivity index (χ1n) is 11.0. The van der Waals surface area contributed by atoms with E-state index in [0.29, 0.717) is 16.0 Å². The summed E-state index contributed by atoms with van der Waals surface area (Å²) in [5, 5.41) is 14.0. The van der Waals surface area contributed by atoms with E-state index in [1.54, 1.807) is 6.07 Å². The van der Waals surface area contributed by atoms with Gasteiger partial charge in [0.25, 0.3) is 5.95 Å². The molecule has 0 fully saturated rings. The number of tetrazole rings is 1. The Bertz CT molecular complexity index is 1240. The van der Waals surface area contributed by atoms with Crippen molar-refractivity contribution in [3.8, 4) is 0 Å². The van der Waals surface area contributed by atoms with Crippen molar-refractivity contribution in [1.29, 1.82) is 0 Å². The molecule has 0 spiro atoms. The lowest BCUT2D eigenvalue weighted by Crippen LogP contribution is -2.24. The highest BCUT2D eigenvalue weighted by Crippen LogP contribution is 2.38. The van der Waals surface area contributed by atoms with E-state index < -0.39 is 0 Å². The third-order valence-corrected chi connectivity index (χ3v) is 6.60. The van der Waals surface area contributed by atoms with Crippen LogP contribution in [-0.2, 0) is 6.54 Å². The molecule has 1 aromatic heterocycles. The smallest absolute Gasteiger partial charge is 0.250 e. The van der Waals surface area contributed by atoms with Crippen molar-refractivity contribution in [2.75, 3.05) is 22.9 Å². The maximum absolute atomic E-state index is 6.50. The fraction of sp³-hybridized carbons (Fsp3) is 0.240. The normalized spacial score (nSPS) is 14.6. The molecule has 0 radical (unpaired) electrons. The lowest BCUT2D eigenvalue weighted by Gasteiger charge is -2.27. The van der Waals surface area contributed by atoms with Gasteiger partial charge in [0.2, 0.25) is 0 Å². The summed E-state index contributed by atoms with van der Waals surface area (Å²) in [5.41, 5.74) is 4.47. The second-order valence-electron chi connectivity index (χ2n) is 8.17. The Morgan fingerprint density at radius 2 is 1.67 bits per heavy atom. The molecule has 4 aromatic rings. The van der Waals surface area contributed by atoms with Gasteiger partial charge < -0.3 is 9.80 Å². The van der Waals surface area contributed by atoms with E-state index in [9.17, 15) is 0 Å². The molecule has 8 heteroatoms. The number of anilines is 3. The first kappa shape index (κ1) is 21.7. The quantitative estimate of drug-likeness (QED) is 0.344. The predicted octanol–water partition coefficient (Wildman–Crippen LogP) is 6.14. The van der Waals surface area contributed by atoms with E-state index in [0.717, 1.165) is 37.3 Å². The molecule has 0 aliphatic carbocycles. The summed E-state index contributed by atoms with van der Waals surface area (Å²) in [4.78, 5) is 4.64. The summed E-state index contributed by atoms with van der Waals surface area (Å²) in [6.07, 6.45) is 0.977. The van der Waals surface area contributed by atoms with Gasteiger partial charge in [-0.3, -0.25) is 0 Å². The largest absolute Gasteiger partial charge is 0.365 e. The van der Waals surface area contributed by atoms with Crippen LogP contribution in [0.25, 0.3) is 0 Å². The fourth-order valence-electron chi connectivity index (χ4n) is 4.39. The van der Waals surface area contributed by atoms with Crippen LogP contribution in [0.1, 0.15) is 30.5 Å². The number of hydrogen-bond donors (Lipinski definition) is 0. The molecule has 3 aromatic carbocycles. The zero-order valence-corrected chi connectivity index (χ0v) is 19.8. The van der Waals surface area contributed by atoms with Gasteiger partial charge in [0.05, 0.1) is 17.4 Å². The average Bonchev–Trinajstić information content (AvgIpc) is 3.24. The highest BCUT2D eigenvalue weighted by molar-refractivity contribution is 6.35. The molecule has 1 unspecified atom stereocenters. The Morgan fingerprint density at radius 1 is 0.909 bits per heavy atom. The van der Waals surface area contributed by atoms with Gasteiger partial charge in [0.15, 0.2) is 0 Å². The molecule has 0 amide bonds. The summed E-state index contributed by atoms with van der Waals surface area (Å²) in [7, 11) is 0. The van der Waals surface area contributed by atoms with Crippen LogP contribution in [0.3, 0.4) is 0 Å². The zero-order valence-electron chi connectivity index (χ0n) is 18.3. The molecular formula is C25H24Cl2N6. The zero-order chi connectivity index (χ0) is 22.8. The van der Waals surface area contributed by atoms with E-state index in [4.69, 9.17) is 23.2 Å². The van der Waals surface area contributed by atoms with Gasteiger partial charge in [0.1, 0.15) is 0 Å². The fourth-order valence-corrected chi connectivity index (χ4v) is 4.95. The molecule has 2 heterocycles. The number of halogens is 2. The van der Waals surface area contributed by atoms with Gasteiger partial charge in [-0.2, -0.15) is 0 Å². The van der Waals surface area contributed by atoms with Gasteiger partial charge >= 0.3 is 0 Å². The average molecular weight is 479 g/mol. The van der Waals surface area contributed by atoms with Crippen molar-refractivity contribution in [2.24, 2.45) is 0 Å². The molecule has 1 aliphatic rings. The lowest BCUT2D eigenvalue weighted by molar-refractivity contribution is 0.541. The Balaban J connectivity index is 1.51. The minimum absolute atomic E-state index is 0.157. The van der Waals surface area contributed by atoms with Gasteiger partial charge in [-0.15, -0.1) is 0 Å². The number of nitrogens with zero attached hydrogens (tertiary/aromatic N) is 6. The third-order valence-electron chi connectivity index (χ3n) is 6.04. The molecule has 1 aliphatic heterocycles. The summed E-state index contributed by atoms with van der Waals surface area (Å²) in [5.74, 6) is 0.697. The van der Waals surface area contributed by atoms with Crippen LogP contribution < -0.4 is 9.80 Å². The molecule has 0 saturated heterocycles. The maximum Gasteiger partial charge on any atom is 0.250 e. The van der Waals surface area contributed by atoms with E-state index in [1.165, 1.54) is 11.3 Å². The van der Waals surface area contributed by atoms with Crippen LogP contribution in [0.4, 0.5) is 17.3 Å². The molecule has 0 N–H and O–H groups in total. The summed E-state index contributed by atoms with van der Waals surface area (Å²) in [6, 6.07) is 24.4. The van der Waals surface area contributed by atoms with E-state index in [-0.39, 0.29) is 6.04 Å². The predicted molar refractivity (Wildman–Crippen MR) is 134 cm³/mol. The summed E-state index contributed by atoms with van der Waals surface area (Å²) < 4.78 is 1.83. The first-order valence-corrected chi connectivity index (χ1v) is 11.8. The minimum atomic E-state index is -0.157. The highest BCUT2D eigenvalue weighted by Gasteiger charge is 2.27. The van der Waals surface area contributed by atoms with Crippen LogP contribution >= 0.6 is 23.2 Å². The van der Waals surface area contributed by atoms with Crippen molar-refractivity contribution in [2.45, 2.75) is 25.9 Å². The SMILES string of the molecule is CC(c1ccc(Cl)cc1Cl)n1nnnc1N1CCCN(Cc2ccccc2)c2ccccc21. The van der Waals surface area contributed by atoms with Gasteiger partial charge in [-0.1, -0.05) is 76.8 Å². The van der Waals surface area contributed by atoms with Crippen LogP contribution in [0.2, 0.25) is 10.0 Å². The molecular weight excluding hydrogens is 455 g/mol. The topological polar surface area (TPSA) is 50.1 Å². The third kappa shape index (κ3) is 4.41. The van der Waals surface area contributed by atoms with Crippen LogP contribution in [0.5, 0.6) is 0 Å². The number of rotatable bonds is 5. The van der Waals surface area contributed by atoms with Crippen molar-refractivity contribution in [3.05, 3.63) is 94.0 Å². The summed E-state index contributed by atoms with van der Waals surface area (Å²) >= 11 is 12.6. The minimum Gasteiger partial charge on any atom is -0.365 e. The van der Waals surface area contributed by atoms with Crippen molar-refractivity contribution in [3.63, 3.8) is 0 Å². The van der Waals surface area contributed by atoms with E-state index in [2.05, 4.69) is 79.9 Å². The van der Waals surface area contributed by atoms with Gasteiger partial charge in [-0.05, 0) is 59.2 Å². The molecule has 168 valence electrons. The Kier molecular flexibility index (Phi) is 6.20. The molecule has 0 bridgehead atoms. The Hall–Kier alpha value is -3.09. The Labute approximate surface area is 203 Å². The maximum atomic E-state index is 6.50. The molecule has 6 nitrogen and oxygen atoms in total. The van der Waals surface area contributed by atoms with Crippen LogP contribution in [-0.4, -0.2) is 33.3 Å². The standard InChI is InChI=1S/C25H24Cl2N6/c1-18(21-13-12-20(26)16-22(21)27)33-25(28-29-30-33)32-15-7-14-31(17-19-8-3-2-4-9-19)23-10-5-6-11-24(23)32/h2-6,8-13,16,18H,7,14-15,17H2,1H3. The second kappa shape index (κ2) is 9.41. The van der Waals surface area contributed by atoms with Crippen molar-refractivity contribution in [1.82, 2.24) is 20.2 Å². The lowest BCUT2D eigenvalue weighted by atomic mass is 10.1. The number of hydrogen-bond acceptors (Lipinski definition) is 5. The summed E-state index contributed by atoms with van der Waals surface area (Å²) in [6.45, 7) is 4.65. The number of aromatic nitrogens is 4. The monoisotopic (exact) mass is 478 g/mol. The van der Waals surface area contributed by atoms with Gasteiger partial charge in [-0.25, -0.2) is 4.68 Å². The highest BCUT2D eigenvalue weighted by atomic mass is 35.5. The molecule has 1 atom stereocenters. The van der Waals surface area contributed by atoms with Crippen LogP contribution in [0, 0.1) is 0 Å². The second-order valence-corrected chi connectivity index (χ2v) is 9.01. The molecule has 0 saturated carbocycles. The first-order chi connectivity index (χ1) is 16.1.